The van der Waals surface area contributed by atoms with Crippen molar-refractivity contribution in [2.45, 2.75) is 20.3 Å². The number of allylic oxidation sites excluding steroid dienone is 2. The van der Waals surface area contributed by atoms with Crippen molar-refractivity contribution in [3.63, 3.8) is 0 Å². The maximum absolute atomic E-state index is 5.65. The molecule has 0 bridgehead atoms. The SMILES string of the molecule is CC(C)=CCc1ncnc2c1ncn2N. The molecule has 2 aromatic heterocycles. The number of hydrogen-bond acceptors (Lipinski definition) is 4. The molecule has 5 nitrogen and oxygen atoms in total. The van der Waals surface area contributed by atoms with Crippen LogP contribution in [0.3, 0.4) is 0 Å². The Morgan fingerprint density at radius 2 is 2.20 bits per heavy atom. The van der Waals surface area contributed by atoms with Crippen molar-refractivity contribution >= 4 is 11.2 Å². The first kappa shape index (κ1) is 9.64. The third-order valence-electron chi connectivity index (χ3n) is 2.14. The minimum absolute atomic E-state index is 0.669. The molecule has 0 amide bonds. The topological polar surface area (TPSA) is 69.6 Å². The molecule has 5 heteroatoms. The summed E-state index contributed by atoms with van der Waals surface area (Å²) in [6, 6.07) is 0. The maximum atomic E-state index is 5.65. The monoisotopic (exact) mass is 203 g/mol. The van der Waals surface area contributed by atoms with Crippen LogP contribution in [0.1, 0.15) is 19.5 Å². The Morgan fingerprint density at radius 1 is 1.40 bits per heavy atom. The zero-order chi connectivity index (χ0) is 10.8. The first-order valence-corrected chi connectivity index (χ1v) is 4.74. The van der Waals surface area contributed by atoms with Crippen LogP contribution in [0, 0.1) is 0 Å². The van der Waals surface area contributed by atoms with E-state index in [1.807, 2.05) is 0 Å². The summed E-state index contributed by atoms with van der Waals surface area (Å²) in [6.07, 6.45) is 5.93. The van der Waals surface area contributed by atoms with Gasteiger partial charge in [-0.1, -0.05) is 11.6 Å². The predicted molar refractivity (Wildman–Crippen MR) is 58.6 cm³/mol. The molecule has 0 atom stereocenters. The van der Waals surface area contributed by atoms with E-state index in [2.05, 4.69) is 34.9 Å². The Labute approximate surface area is 87.6 Å². The van der Waals surface area contributed by atoms with Crippen LogP contribution in [0.4, 0.5) is 0 Å². The van der Waals surface area contributed by atoms with Gasteiger partial charge in [0, 0.05) is 6.42 Å². The lowest BCUT2D eigenvalue weighted by Gasteiger charge is -1.98. The molecular formula is C10H13N5. The number of nitrogens with two attached hydrogens (primary N) is 1. The van der Waals surface area contributed by atoms with Crippen LogP contribution < -0.4 is 5.84 Å². The molecule has 78 valence electrons. The van der Waals surface area contributed by atoms with Crippen molar-refractivity contribution in [1.82, 2.24) is 19.6 Å². The molecule has 0 aliphatic heterocycles. The Balaban J connectivity index is 2.47. The van der Waals surface area contributed by atoms with E-state index in [1.165, 1.54) is 16.6 Å². The molecule has 2 heterocycles. The molecule has 15 heavy (non-hydrogen) atoms. The summed E-state index contributed by atoms with van der Waals surface area (Å²) in [6.45, 7) is 4.11. The van der Waals surface area contributed by atoms with Gasteiger partial charge in [0.25, 0.3) is 0 Å². The summed E-state index contributed by atoms with van der Waals surface area (Å²) in [5.74, 6) is 5.65. The van der Waals surface area contributed by atoms with Gasteiger partial charge < -0.3 is 5.84 Å². The van der Waals surface area contributed by atoms with E-state index in [1.54, 1.807) is 6.33 Å². The number of rotatable bonds is 2. The fourth-order valence-corrected chi connectivity index (χ4v) is 1.35. The number of aromatic nitrogens is 4. The molecule has 2 N–H and O–H groups in total. The second-order valence-corrected chi connectivity index (χ2v) is 3.63. The highest BCUT2D eigenvalue weighted by Crippen LogP contribution is 2.12. The minimum Gasteiger partial charge on any atom is -0.336 e. The first-order chi connectivity index (χ1) is 7.18. The second kappa shape index (κ2) is 3.68. The molecule has 0 unspecified atom stereocenters. The van der Waals surface area contributed by atoms with Crippen LogP contribution in [0.25, 0.3) is 11.2 Å². The lowest BCUT2D eigenvalue weighted by atomic mass is 10.2. The maximum Gasteiger partial charge on any atom is 0.181 e. The molecule has 0 aliphatic carbocycles. The fraction of sp³-hybridized carbons (Fsp3) is 0.300. The molecule has 0 radical (unpaired) electrons. The van der Waals surface area contributed by atoms with Crippen LogP contribution in [0.15, 0.2) is 24.3 Å². The average molecular weight is 203 g/mol. The van der Waals surface area contributed by atoms with Gasteiger partial charge in [0.15, 0.2) is 5.65 Å². The van der Waals surface area contributed by atoms with Crippen LogP contribution in [-0.4, -0.2) is 19.6 Å². The van der Waals surface area contributed by atoms with Crippen molar-refractivity contribution in [2.24, 2.45) is 0 Å². The lowest BCUT2D eigenvalue weighted by molar-refractivity contribution is 1.00. The minimum atomic E-state index is 0.669. The number of nitrogen functional groups attached to an aromatic ring is 1. The quantitative estimate of drug-likeness (QED) is 0.585. The fourth-order valence-electron chi connectivity index (χ4n) is 1.35. The molecule has 0 saturated carbocycles. The molecular weight excluding hydrogens is 190 g/mol. The van der Waals surface area contributed by atoms with Gasteiger partial charge in [-0.2, -0.15) is 0 Å². The van der Waals surface area contributed by atoms with Crippen molar-refractivity contribution in [3.05, 3.63) is 30.0 Å². The number of hydrogen-bond donors (Lipinski definition) is 1. The van der Waals surface area contributed by atoms with Crippen molar-refractivity contribution < 1.29 is 0 Å². The van der Waals surface area contributed by atoms with E-state index < -0.39 is 0 Å². The van der Waals surface area contributed by atoms with Gasteiger partial charge in [0.1, 0.15) is 18.2 Å². The highest BCUT2D eigenvalue weighted by molar-refractivity contribution is 5.73. The van der Waals surface area contributed by atoms with Crippen LogP contribution in [0.2, 0.25) is 0 Å². The Kier molecular flexibility index (Phi) is 2.37. The summed E-state index contributed by atoms with van der Waals surface area (Å²) < 4.78 is 1.41. The van der Waals surface area contributed by atoms with Crippen molar-refractivity contribution in [2.75, 3.05) is 5.84 Å². The molecule has 0 spiro atoms. The third kappa shape index (κ3) is 1.81. The van der Waals surface area contributed by atoms with Gasteiger partial charge >= 0.3 is 0 Å². The Hall–Kier alpha value is -1.91. The second-order valence-electron chi connectivity index (χ2n) is 3.63. The Bertz CT molecular complexity index is 508. The average Bonchev–Trinajstić information content (AvgIpc) is 2.58. The summed E-state index contributed by atoms with van der Waals surface area (Å²) in [4.78, 5) is 12.5. The van der Waals surface area contributed by atoms with Gasteiger partial charge in [-0.15, -0.1) is 0 Å². The zero-order valence-corrected chi connectivity index (χ0v) is 8.81. The Morgan fingerprint density at radius 3 is 2.93 bits per heavy atom. The summed E-state index contributed by atoms with van der Waals surface area (Å²) >= 11 is 0. The number of imidazole rings is 1. The number of nitrogens with zero attached hydrogens (tertiary/aromatic N) is 4. The highest BCUT2D eigenvalue weighted by Gasteiger charge is 2.06. The van der Waals surface area contributed by atoms with E-state index >= 15 is 0 Å². The number of fused-ring (bicyclic) bond motifs is 1. The van der Waals surface area contributed by atoms with Crippen LogP contribution in [-0.2, 0) is 6.42 Å². The van der Waals surface area contributed by atoms with Gasteiger partial charge in [0.2, 0.25) is 0 Å². The van der Waals surface area contributed by atoms with Crippen LogP contribution >= 0.6 is 0 Å². The van der Waals surface area contributed by atoms with E-state index in [0.717, 1.165) is 17.6 Å². The van der Waals surface area contributed by atoms with Gasteiger partial charge in [-0.05, 0) is 13.8 Å². The molecule has 2 aromatic rings. The zero-order valence-electron chi connectivity index (χ0n) is 8.81. The standard InChI is InChI=1S/C10H13N5/c1-7(2)3-4-8-9-10(13-5-12-8)15(11)6-14-9/h3,5-6H,4,11H2,1-2H3. The normalized spacial score (nSPS) is 10.5. The predicted octanol–water partition coefficient (Wildman–Crippen LogP) is 1.05. The van der Waals surface area contributed by atoms with Crippen molar-refractivity contribution in [3.8, 4) is 0 Å². The molecule has 0 aliphatic rings. The van der Waals surface area contributed by atoms with Crippen molar-refractivity contribution in [1.29, 1.82) is 0 Å². The summed E-state index contributed by atoms with van der Waals surface area (Å²) in [5, 5.41) is 0. The summed E-state index contributed by atoms with van der Waals surface area (Å²) in [5.41, 5.74) is 3.61. The molecule has 0 aromatic carbocycles. The van der Waals surface area contributed by atoms with Crippen LogP contribution in [0.5, 0.6) is 0 Å². The highest BCUT2D eigenvalue weighted by atomic mass is 15.3. The van der Waals surface area contributed by atoms with Gasteiger partial charge in [0.05, 0.1) is 5.69 Å². The summed E-state index contributed by atoms with van der Waals surface area (Å²) in [7, 11) is 0. The van der Waals surface area contributed by atoms with E-state index in [4.69, 9.17) is 5.84 Å². The van der Waals surface area contributed by atoms with Gasteiger partial charge in [-0.3, -0.25) is 0 Å². The largest absolute Gasteiger partial charge is 0.336 e. The molecule has 0 saturated heterocycles. The third-order valence-corrected chi connectivity index (χ3v) is 2.14. The smallest absolute Gasteiger partial charge is 0.181 e. The van der Waals surface area contributed by atoms with Gasteiger partial charge in [-0.25, -0.2) is 19.6 Å². The first-order valence-electron chi connectivity index (χ1n) is 4.74. The lowest BCUT2D eigenvalue weighted by Crippen LogP contribution is -2.06. The molecule has 2 rings (SSSR count). The van der Waals surface area contributed by atoms with E-state index in [0.29, 0.717) is 5.65 Å². The molecule has 0 fully saturated rings. The van der Waals surface area contributed by atoms with E-state index in [-0.39, 0.29) is 0 Å². The van der Waals surface area contributed by atoms with E-state index in [9.17, 15) is 0 Å².